The molecule has 2 N–H and O–H groups in total. The van der Waals surface area contributed by atoms with E-state index in [1.807, 2.05) is 0 Å². The predicted molar refractivity (Wildman–Crippen MR) is 64.1 cm³/mol. The van der Waals surface area contributed by atoms with Crippen LogP contribution >= 0.6 is 0 Å². The van der Waals surface area contributed by atoms with E-state index in [4.69, 9.17) is 5.73 Å². The molecule has 1 aromatic rings. The van der Waals surface area contributed by atoms with Gasteiger partial charge in [-0.15, -0.1) is 0 Å². The molecule has 109 valence electrons. The number of nitrogens with two attached hydrogens (primary N) is 1. The molecular weight excluding hydrogens is 276 g/mol. The number of nitrogens with zero attached hydrogens (tertiary/aromatic N) is 1. The number of alkyl halides is 3. The van der Waals surface area contributed by atoms with Gasteiger partial charge in [-0.05, 0) is 30.5 Å². The molecule has 1 aliphatic heterocycles. The zero-order valence-corrected chi connectivity index (χ0v) is 10.5. The standard InChI is InChI=1S/C13H13F4N2O/c14-11-7-8(3-4-10(11)13(15,16)17)6-9-2-1-5-19(9)12(18)20/h3-4,6-7,9H,1-2,5H2,(H2,18,20)/t9-/m0/s1. The maximum absolute atomic E-state index is 13.4. The van der Waals surface area contributed by atoms with Crippen molar-refractivity contribution in [2.45, 2.75) is 25.1 Å². The minimum absolute atomic E-state index is 0.300. The van der Waals surface area contributed by atoms with Crippen molar-refractivity contribution >= 4 is 6.03 Å². The van der Waals surface area contributed by atoms with Crippen molar-refractivity contribution in [3.05, 3.63) is 41.6 Å². The highest BCUT2D eigenvalue weighted by atomic mass is 19.4. The summed E-state index contributed by atoms with van der Waals surface area (Å²) in [5.41, 5.74) is 4.20. The first-order chi connectivity index (χ1) is 9.29. The zero-order chi connectivity index (χ0) is 14.9. The first-order valence-corrected chi connectivity index (χ1v) is 6.07. The lowest BCUT2D eigenvalue weighted by molar-refractivity contribution is -0.140. The van der Waals surface area contributed by atoms with E-state index in [-0.39, 0.29) is 6.04 Å². The van der Waals surface area contributed by atoms with E-state index in [1.54, 1.807) is 6.42 Å². The highest BCUT2D eigenvalue weighted by Gasteiger charge is 2.34. The number of amides is 2. The van der Waals surface area contributed by atoms with E-state index in [0.717, 1.165) is 12.5 Å². The Hall–Kier alpha value is -1.79. The molecule has 2 rings (SSSR count). The van der Waals surface area contributed by atoms with Crippen LogP contribution in [0.5, 0.6) is 0 Å². The summed E-state index contributed by atoms with van der Waals surface area (Å²) in [7, 11) is 0. The Morgan fingerprint density at radius 2 is 2.10 bits per heavy atom. The molecule has 0 aliphatic carbocycles. The van der Waals surface area contributed by atoms with Gasteiger partial charge in [-0.3, -0.25) is 0 Å². The molecule has 7 heteroatoms. The second-order valence-electron chi connectivity index (χ2n) is 4.64. The smallest absolute Gasteiger partial charge is 0.351 e. The summed E-state index contributed by atoms with van der Waals surface area (Å²) in [5, 5.41) is 0. The molecule has 0 saturated carbocycles. The molecule has 0 aromatic heterocycles. The number of rotatable bonds is 2. The van der Waals surface area contributed by atoms with Crippen molar-refractivity contribution in [1.29, 1.82) is 0 Å². The van der Waals surface area contributed by atoms with Gasteiger partial charge in [0.25, 0.3) is 0 Å². The largest absolute Gasteiger partial charge is 0.419 e. The van der Waals surface area contributed by atoms with Gasteiger partial charge >= 0.3 is 12.2 Å². The first kappa shape index (κ1) is 14.6. The van der Waals surface area contributed by atoms with Crippen LogP contribution in [0.4, 0.5) is 22.4 Å². The van der Waals surface area contributed by atoms with Crippen LogP contribution in [0.25, 0.3) is 0 Å². The quantitative estimate of drug-likeness (QED) is 0.836. The summed E-state index contributed by atoms with van der Waals surface area (Å²) in [6.45, 7) is 0.500. The van der Waals surface area contributed by atoms with Gasteiger partial charge in [0.05, 0.1) is 5.56 Å². The van der Waals surface area contributed by atoms with E-state index < -0.39 is 23.6 Å². The van der Waals surface area contributed by atoms with E-state index in [2.05, 4.69) is 0 Å². The molecule has 1 saturated heterocycles. The SMILES string of the molecule is NC(=O)N1CCC[C@H]1[CH]c1ccc(C(F)(F)F)c(F)c1. The lowest BCUT2D eigenvalue weighted by atomic mass is 10.0. The molecule has 1 aliphatic rings. The van der Waals surface area contributed by atoms with Crippen LogP contribution in [0.15, 0.2) is 18.2 Å². The van der Waals surface area contributed by atoms with E-state index in [0.29, 0.717) is 24.6 Å². The lowest BCUT2D eigenvalue weighted by Gasteiger charge is -2.22. The number of carbonyl (C=O) groups excluding carboxylic acids is 1. The third kappa shape index (κ3) is 3.02. The van der Waals surface area contributed by atoms with Gasteiger partial charge in [-0.1, -0.05) is 6.07 Å². The maximum atomic E-state index is 13.4. The van der Waals surface area contributed by atoms with Gasteiger partial charge in [0.15, 0.2) is 0 Å². The summed E-state index contributed by atoms with van der Waals surface area (Å²) in [6, 6.07) is 1.81. The number of urea groups is 1. The van der Waals surface area contributed by atoms with Gasteiger partial charge in [0.2, 0.25) is 0 Å². The van der Waals surface area contributed by atoms with Crippen LogP contribution in [0, 0.1) is 12.2 Å². The highest BCUT2D eigenvalue weighted by molar-refractivity contribution is 5.73. The minimum atomic E-state index is -4.71. The van der Waals surface area contributed by atoms with Gasteiger partial charge in [-0.2, -0.15) is 13.2 Å². The minimum Gasteiger partial charge on any atom is -0.351 e. The molecule has 2 amide bonds. The second-order valence-corrected chi connectivity index (χ2v) is 4.64. The van der Waals surface area contributed by atoms with Gasteiger partial charge in [0, 0.05) is 19.0 Å². The average Bonchev–Trinajstić information content (AvgIpc) is 2.75. The fraction of sp³-hybridized carbons (Fsp3) is 0.385. The molecule has 20 heavy (non-hydrogen) atoms. The lowest BCUT2D eigenvalue weighted by Crippen LogP contribution is -2.39. The summed E-state index contributed by atoms with van der Waals surface area (Å²) >= 11 is 0. The second kappa shape index (κ2) is 5.30. The number of likely N-dealkylation sites (tertiary alicyclic amines) is 1. The summed E-state index contributed by atoms with van der Waals surface area (Å²) < 4.78 is 50.7. The van der Waals surface area contributed by atoms with Crippen LogP contribution in [0.1, 0.15) is 24.0 Å². The predicted octanol–water partition coefficient (Wildman–Crippen LogP) is 2.94. The molecule has 0 bridgehead atoms. The summed E-state index contributed by atoms with van der Waals surface area (Å²) in [5.74, 6) is -1.32. The normalized spacial score (nSPS) is 19.4. The number of hydrogen-bond acceptors (Lipinski definition) is 1. The molecule has 1 aromatic carbocycles. The van der Waals surface area contributed by atoms with Crippen molar-refractivity contribution in [3.63, 3.8) is 0 Å². The Morgan fingerprint density at radius 3 is 2.65 bits per heavy atom. The van der Waals surface area contributed by atoms with Crippen LogP contribution in [-0.2, 0) is 6.18 Å². The topological polar surface area (TPSA) is 46.3 Å². The number of carbonyl (C=O) groups is 1. The third-order valence-corrected chi connectivity index (χ3v) is 3.27. The summed E-state index contributed by atoms with van der Waals surface area (Å²) in [6.07, 6.45) is -1.74. The van der Waals surface area contributed by atoms with Crippen molar-refractivity contribution in [2.24, 2.45) is 5.73 Å². The highest BCUT2D eigenvalue weighted by Crippen LogP contribution is 2.32. The molecule has 0 spiro atoms. The maximum Gasteiger partial charge on any atom is 0.419 e. The third-order valence-electron chi connectivity index (χ3n) is 3.27. The van der Waals surface area contributed by atoms with Crippen LogP contribution < -0.4 is 5.73 Å². The Bertz CT molecular complexity index is 516. The Morgan fingerprint density at radius 1 is 1.40 bits per heavy atom. The van der Waals surface area contributed by atoms with Gasteiger partial charge in [0.1, 0.15) is 5.82 Å². The monoisotopic (exact) mass is 289 g/mol. The Labute approximate surface area is 113 Å². The summed E-state index contributed by atoms with van der Waals surface area (Å²) in [4.78, 5) is 12.6. The van der Waals surface area contributed by atoms with Crippen molar-refractivity contribution in [3.8, 4) is 0 Å². The van der Waals surface area contributed by atoms with Gasteiger partial charge in [-0.25, -0.2) is 9.18 Å². The molecule has 1 atom stereocenters. The van der Waals surface area contributed by atoms with Crippen LogP contribution in [-0.4, -0.2) is 23.5 Å². The Kier molecular flexibility index (Phi) is 3.87. The number of halogens is 4. The number of hydrogen-bond donors (Lipinski definition) is 1. The molecule has 1 fully saturated rings. The first-order valence-electron chi connectivity index (χ1n) is 6.07. The number of primary amides is 1. The van der Waals surface area contributed by atoms with Crippen molar-refractivity contribution in [1.82, 2.24) is 4.90 Å². The van der Waals surface area contributed by atoms with Crippen molar-refractivity contribution < 1.29 is 22.4 Å². The fourth-order valence-corrected chi connectivity index (χ4v) is 2.33. The van der Waals surface area contributed by atoms with Gasteiger partial charge < -0.3 is 10.6 Å². The molecule has 0 unspecified atom stereocenters. The molecule has 1 heterocycles. The van der Waals surface area contributed by atoms with E-state index in [1.165, 1.54) is 11.0 Å². The fourth-order valence-electron chi connectivity index (χ4n) is 2.33. The molecule has 1 radical (unpaired) electrons. The van der Waals surface area contributed by atoms with Crippen molar-refractivity contribution in [2.75, 3.05) is 6.54 Å². The average molecular weight is 289 g/mol. The van der Waals surface area contributed by atoms with E-state index >= 15 is 0 Å². The number of benzene rings is 1. The van der Waals surface area contributed by atoms with Crippen LogP contribution in [0.3, 0.4) is 0 Å². The zero-order valence-electron chi connectivity index (χ0n) is 10.5. The molecule has 3 nitrogen and oxygen atoms in total. The van der Waals surface area contributed by atoms with Crippen LogP contribution in [0.2, 0.25) is 0 Å². The molecular formula is C13H13F4N2O. The van der Waals surface area contributed by atoms with E-state index in [9.17, 15) is 22.4 Å². The Balaban J connectivity index is 2.15.